The van der Waals surface area contributed by atoms with Crippen molar-refractivity contribution >= 4 is 29.2 Å². The Morgan fingerprint density at radius 1 is 1.20 bits per heavy atom. The van der Waals surface area contributed by atoms with Gasteiger partial charge in [-0.2, -0.15) is 18.2 Å². The van der Waals surface area contributed by atoms with E-state index in [1.165, 1.54) is 6.07 Å². The summed E-state index contributed by atoms with van der Waals surface area (Å²) in [6.07, 6.45) is -1.48. The third-order valence-electron chi connectivity index (χ3n) is 4.19. The molecule has 1 aromatic rings. The minimum Gasteiger partial charge on any atom is -0.369 e. The van der Waals surface area contributed by atoms with E-state index in [0.29, 0.717) is 0 Å². The van der Waals surface area contributed by atoms with Gasteiger partial charge in [0.05, 0.1) is 16.3 Å². The predicted molar refractivity (Wildman–Crippen MR) is 94.0 cm³/mol. The molecule has 0 spiro atoms. The summed E-state index contributed by atoms with van der Waals surface area (Å²) >= 11 is 5.58. The molecule has 1 heterocycles. The van der Waals surface area contributed by atoms with Gasteiger partial charge in [0.25, 0.3) is 0 Å². The number of rotatable bonds is 1. The van der Waals surface area contributed by atoms with E-state index >= 15 is 0 Å². The van der Waals surface area contributed by atoms with Gasteiger partial charge in [0.1, 0.15) is 0 Å². The third kappa shape index (κ3) is 4.78. The highest BCUT2D eigenvalue weighted by atomic mass is 35.5. The number of alkyl halides is 3. The molecule has 0 saturated carbocycles. The molecule has 0 aliphatic carbocycles. The number of hydrogen-bond donors (Lipinski definition) is 2. The maximum absolute atomic E-state index is 12.9. The zero-order valence-corrected chi connectivity index (χ0v) is 14.8. The van der Waals surface area contributed by atoms with Gasteiger partial charge in [0.15, 0.2) is 5.96 Å². The van der Waals surface area contributed by atoms with Crippen LogP contribution in [-0.4, -0.2) is 28.9 Å². The lowest BCUT2D eigenvalue weighted by atomic mass is 9.98. The van der Waals surface area contributed by atoms with Crippen molar-refractivity contribution in [1.29, 1.82) is 0 Å². The summed E-state index contributed by atoms with van der Waals surface area (Å²) in [5.41, 5.74) is 10.8. The number of nitrogens with zero attached hydrogens (tertiary/aromatic N) is 3. The fourth-order valence-electron chi connectivity index (χ4n) is 3.01. The number of hydrogen-bond acceptors (Lipinski definition) is 1. The van der Waals surface area contributed by atoms with Crippen molar-refractivity contribution in [3.8, 4) is 0 Å². The first-order valence-electron chi connectivity index (χ1n) is 7.93. The van der Waals surface area contributed by atoms with Gasteiger partial charge < -0.3 is 16.4 Å². The van der Waals surface area contributed by atoms with Gasteiger partial charge in [-0.25, -0.2) is 4.99 Å². The number of guanidine groups is 2. The van der Waals surface area contributed by atoms with Crippen LogP contribution in [-0.2, 0) is 6.18 Å². The van der Waals surface area contributed by atoms with E-state index in [0.717, 1.165) is 31.4 Å². The molecule has 1 aliphatic rings. The Morgan fingerprint density at radius 2 is 1.80 bits per heavy atom. The Balaban J connectivity index is 2.26. The zero-order chi connectivity index (χ0) is 18.8. The van der Waals surface area contributed by atoms with Crippen LogP contribution in [0.1, 0.15) is 38.7 Å². The standard InChI is InChI=1S/C16H21ClF3N5/c1-9-4-3-5-10(2)25(9)15(22)24-14(21)23-11-6-7-13(17)12(8-11)16(18,19)20/h6-10H,3-5H2,1-2H3,(H4,21,22,23,24). The molecule has 1 aliphatic heterocycles. The van der Waals surface area contributed by atoms with Crippen LogP contribution >= 0.6 is 11.6 Å². The van der Waals surface area contributed by atoms with Gasteiger partial charge in [-0.1, -0.05) is 11.6 Å². The molecule has 1 saturated heterocycles. The second-order valence-electron chi connectivity index (χ2n) is 6.14. The predicted octanol–water partition coefficient (Wildman–Crippen LogP) is 3.88. The van der Waals surface area contributed by atoms with Crippen molar-refractivity contribution in [2.75, 3.05) is 0 Å². The molecule has 0 aromatic heterocycles. The number of aliphatic imine (C=N–C) groups is 2. The summed E-state index contributed by atoms with van der Waals surface area (Å²) < 4.78 is 38.7. The Hall–Kier alpha value is -1.96. The quantitative estimate of drug-likeness (QED) is 0.577. The van der Waals surface area contributed by atoms with E-state index in [9.17, 15) is 13.2 Å². The zero-order valence-electron chi connectivity index (χ0n) is 14.0. The average molecular weight is 376 g/mol. The van der Waals surface area contributed by atoms with Crippen LogP contribution in [0.25, 0.3) is 0 Å². The third-order valence-corrected chi connectivity index (χ3v) is 4.52. The van der Waals surface area contributed by atoms with Gasteiger partial charge in [0, 0.05) is 12.1 Å². The fraction of sp³-hybridized carbons (Fsp3) is 0.500. The molecule has 4 N–H and O–H groups in total. The van der Waals surface area contributed by atoms with E-state index in [-0.39, 0.29) is 29.7 Å². The molecule has 5 nitrogen and oxygen atoms in total. The highest BCUT2D eigenvalue weighted by Crippen LogP contribution is 2.36. The molecule has 2 rings (SSSR count). The molecule has 0 radical (unpaired) electrons. The first-order valence-corrected chi connectivity index (χ1v) is 8.30. The highest BCUT2D eigenvalue weighted by Gasteiger charge is 2.33. The molecular weight excluding hydrogens is 355 g/mol. The number of halogens is 4. The molecule has 9 heteroatoms. The van der Waals surface area contributed by atoms with Crippen molar-refractivity contribution in [2.45, 2.75) is 51.4 Å². The molecule has 2 unspecified atom stereocenters. The maximum atomic E-state index is 12.9. The van der Waals surface area contributed by atoms with Gasteiger partial charge in [0.2, 0.25) is 5.96 Å². The second kappa shape index (κ2) is 7.51. The molecule has 25 heavy (non-hydrogen) atoms. The minimum absolute atomic E-state index is 0.00511. The van der Waals surface area contributed by atoms with Crippen LogP contribution in [0.5, 0.6) is 0 Å². The molecule has 0 amide bonds. The Bertz CT molecular complexity index is 677. The fourth-order valence-corrected chi connectivity index (χ4v) is 3.23. The van der Waals surface area contributed by atoms with Crippen LogP contribution in [0.2, 0.25) is 5.02 Å². The molecule has 138 valence electrons. The molecule has 1 aromatic carbocycles. The summed E-state index contributed by atoms with van der Waals surface area (Å²) in [7, 11) is 0. The Labute approximate surface area is 149 Å². The SMILES string of the molecule is CC1CCCC(C)N1C(N)=NC(N)=Nc1ccc(Cl)c(C(F)(F)F)c1. The lowest BCUT2D eigenvalue weighted by molar-refractivity contribution is -0.137. The second-order valence-corrected chi connectivity index (χ2v) is 6.55. The van der Waals surface area contributed by atoms with E-state index < -0.39 is 16.8 Å². The van der Waals surface area contributed by atoms with Crippen LogP contribution in [0.15, 0.2) is 28.2 Å². The Kier molecular flexibility index (Phi) is 5.82. The van der Waals surface area contributed by atoms with Gasteiger partial charge in [-0.05, 0) is 51.3 Å². The lowest BCUT2D eigenvalue weighted by Gasteiger charge is -2.39. The lowest BCUT2D eigenvalue weighted by Crippen LogP contribution is -2.51. The largest absolute Gasteiger partial charge is 0.417 e. The topological polar surface area (TPSA) is 80.0 Å². The summed E-state index contributed by atoms with van der Waals surface area (Å²) in [4.78, 5) is 9.90. The van der Waals surface area contributed by atoms with Crippen LogP contribution in [0.3, 0.4) is 0 Å². The molecular formula is C16H21ClF3N5. The summed E-state index contributed by atoms with van der Waals surface area (Å²) in [5.74, 6) is 0.00359. The molecule has 0 bridgehead atoms. The first-order chi connectivity index (χ1) is 11.6. The van der Waals surface area contributed by atoms with Crippen LogP contribution in [0, 0.1) is 0 Å². The summed E-state index contributed by atoms with van der Waals surface area (Å²) in [5, 5.41) is -0.399. The number of nitrogens with two attached hydrogens (primary N) is 2. The normalized spacial score (nSPS) is 23.0. The van der Waals surface area contributed by atoms with Crippen molar-refractivity contribution < 1.29 is 13.2 Å². The van der Waals surface area contributed by atoms with Crippen LogP contribution in [0.4, 0.5) is 18.9 Å². The average Bonchev–Trinajstić information content (AvgIpc) is 2.47. The number of likely N-dealkylation sites (tertiary alicyclic amines) is 1. The van der Waals surface area contributed by atoms with Gasteiger partial charge in [-0.15, -0.1) is 0 Å². The smallest absolute Gasteiger partial charge is 0.369 e. The van der Waals surface area contributed by atoms with Crippen LogP contribution < -0.4 is 11.5 Å². The Morgan fingerprint density at radius 3 is 2.36 bits per heavy atom. The monoisotopic (exact) mass is 375 g/mol. The summed E-state index contributed by atoms with van der Waals surface area (Å²) in [6, 6.07) is 3.72. The van der Waals surface area contributed by atoms with Crippen molar-refractivity contribution in [2.24, 2.45) is 21.5 Å². The highest BCUT2D eigenvalue weighted by molar-refractivity contribution is 6.31. The van der Waals surface area contributed by atoms with E-state index in [1.807, 2.05) is 18.7 Å². The molecule has 1 fully saturated rings. The first kappa shape index (κ1) is 19.4. The van der Waals surface area contributed by atoms with Gasteiger partial charge >= 0.3 is 6.18 Å². The van der Waals surface area contributed by atoms with Crippen molar-refractivity contribution in [3.63, 3.8) is 0 Å². The van der Waals surface area contributed by atoms with Crippen molar-refractivity contribution in [1.82, 2.24) is 4.90 Å². The minimum atomic E-state index is -4.57. The number of benzene rings is 1. The van der Waals surface area contributed by atoms with E-state index in [2.05, 4.69) is 9.98 Å². The van der Waals surface area contributed by atoms with E-state index in [1.54, 1.807) is 0 Å². The maximum Gasteiger partial charge on any atom is 0.417 e. The van der Waals surface area contributed by atoms with Gasteiger partial charge in [-0.3, -0.25) is 0 Å². The number of piperidine rings is 1. The summed E-state index contributed by atoms with van der Waals surface area (Å²) in [6.45, 7) is 4.08. The molecule has 2 atom stereocenters. The van der Waals surface area contributed by atoms with E-state index in [4.69, 9.17) is 23.1 Å². The van der Waals surface area contributed by atoms with Crippen molar-refractivity contribution in [3.05, 3.63) is 28.8 Å².